The second-order valence-electron chi connectivity index (χ2n) is 5.26. The van der Waals surface area contributed by atoms with E-state index >= 15 is 0 Å². The minimum absolute atomic E-state index is 0.572. The standard InChI is InChI=1S/C12H24FN5S2/c1-16-8-10-17(14-19)6-2-4-12(13)5-3-7-18(15-20)11-9-16/h12H,2-11H2,1H3. The van der Waals surface area contributed by atoms with Crippen molar-refractivity contribution in [2.45, 2.75) is 31.9 Å². The molecule has 0 aliphatic carbocycles. The monoisotopic (exact) mass is 321 g/mol. The van der Waals surface area contributed by atoms with Crippen LogP contribution >= 0.6 is 0 Å². The molecule has 1 rings (SSSR count). The Bertz CT molecular complexity index is 269. The van der Waals surface area contributed by atoms with E-state index in [1.165, 1.54) is 0 Å². The summed E-state index contributed by atoms with van der Waals surface area (Å²) in [5.41, 5.74) is 0. The van der Waals surface area contributed by atoms with E-state index in [1.54, 1.807) is 0 Å². The Labute approximate surface area is 131 Å². The fourth-order valence-corrected chi connectivity index (χ4v) is 2.53. The van der Waals surface area contributed by atoms with Crippen molar-refractivity contribution in [2.24, 2.45) is 8.94 Å². The van der Waals surface area contributed by atoms with Crippen molar-refractivity contribution >= 4 is 24.9 Å². The average molecular weight is 321 g/mol. The van der Waals surface area contributed by atoms with Crippen LogP contribution < -0.4 is 0 Å². The topological polar surface area (TPSA) is 34.4 Å². The number of hydrogen-bond acceptors (Lipinski definition) is 5. The lowest BCUT2D eigenvalue weighted by Gasteiger charge is -2.25. The van der Waals surface area contributed by atoms with Gasteiger partial charge < -0.3 is 4.90 Å². The van der Waals surface area contributed by atoms with Gasteiger partial charge in [-0.1, -0.05) is 0 Å². The van der Waals surface area contributed by atoms with Crippen molar-refractivity contribution in [1.29, 1.82) is 0 Å². The van der Waals surface area contributed by atoms with Gasteiger partial charge in [0.05, 0.1) is 24.9 Å². The minimum Gasteiger partial charge on any atom is -0.303 e. The highest BCUT2D eigenvalue weighted by Gasteiger charge is 2.12. The molecule has 1 heterocycles. The van der Waals surface area contributed by atoms with Crippen molar-refractivity contribution in [3.8, 4) is 0 Å². The molecule has 0 bridgehead atoms. The first kappa shape index (κ1) is 17.6. The van der Waals surface area contributed by atoms with Crippen LogP contribution in [0.25, 0.3) is 0 Å². The lowest BCUT2D eigenvalue weighted by molar-refractivity contribution is 0.183. The number of halogens is 1. The third-order valence-corrected chi connectivity index (χ3v) is 4.04. The Balaban J connectivity index is 2.51. The molecule has 0 radical (unpaired) electrons. The van der Waals surface area contributed by atoms with Gasteiger partial charge >= 0.3 is 0 Å². The maximum Gasteiger partial charge on any atom is 0.100 e. The van der Waals surface area contributed by atoms with E-state index in [0.717, 1.165) is 52.1 Å². The van der Waals surface area contributed by atoms with Gasteiger partial charge in [0.1, 0.15) is 6.17 Å². The van der Waals surface area contributed by atoms with Crippen molar-refractivity contribution in [1.82, 2.24) is 14.9 Å². The van der Waals surface area contributed by atoms with Gasteiger partial charge in [0.2, 0.25) is 0 Å². The highest BCUT2D eigenvalue weighted by Crippen LogP contribution is 2.11. The predicted octanol–water partition coefficient (Wildman–Crippen LogP) is 1.73. The third kappa shape index (κ3) is 7.35. The molecule has 116 valence electrons. The number of likely N-dealkylation sites (N-methyl/N-ethyl adjacent to an activating group) is 1. The Hall–Kier alpha value is -0.470. The zero-order valence-electron chi connectivity index (χ0n) is 12.1. The molecule has 5 nitrogen and oxygen atoms in total. The molecular weight excluding hydrogens is 297 g/mol. The number of hydrogen-bond donors (Lipinski definition) is 0. The normalized spacial score (nSPS) is 22.3. The first-order valence-corrected chi connectivity index (χ1v) is 7.87. The molecule has 0 aromatic rings. The summed E-state index contributed by atoms with van der Waals surface area (Å²) in [6.45, 7) is 4.80. The molecule has 0 aromatic heterocycles. The molecule has 0 atom stereocenters. The summed E-state index contributed by atoms with van der Waals surface area (Å²) in [7, 11) is 2.06. The highest BCUT2D eigenvalue weighted by molar-refractivity contribution is 7.47. The van der Waals surface area contributed by atoms with Gasteiger partial charge in [0.25, 0.3) is 0 Å². The zero-order chi connectivity index (χ0) is 14.8. The van der Waals surface area contributed by atoms with E-state index < -0.39 is 6.17 Å². The maximum absolute atomic E-state index is 13.7. The van der Waals surface area contributed by atoms with Gasteiger partial charge in [0.15, 0.2) is 0 Å². The fourth-order valence-electron chi connectivity index (χ4n) is 2.21. The fraction of sp³-hybridized carbons (Fsp3) is 1.00. The predicted molar refractivity (Wildman–Crippen MR) is 83.6 cm³/mol. The molecule has 1 fully saturated rings. The number of nitrogens with zero attached hydrogens (tertiary/aromatic N) is 5. The van der Waals surface area contributed by atoms with Crippen LogP contribution in [0.2, 0.25) is 0 Å². The summed E-state index contributed by atoms with van der Waals surface area (Å²) in [4.78, 5) is 2.21. The van der Waals surface area contributed by atoms with E-state index in [1.807, 2.05) is 10.0 Å². The summed E-state index contributed by atoms with van der Waals surface area (Å²) in [5, 5.41) is 3.69. The van der Waals surface area contributed by atoms with Crippen LogP contribution in [0, 0.1) is 0 Å². The first-order valence-electron chi connectivity index (χ1n) is 7.14. The van der Waals surface area contributed by atoms with E-state index in [0.29, 0.717) is 12.8 Å². The quantitative estimate of drug-likeness (QED) is 0.774. The van der Waals surface area contributed by atoms with Gasteiger partial charge in [-0.15, -0.1) is 8.94 Å². The largest absolute Gasteiger partial charge is 0.303 e. The summed E-state index contributed by atoms with van der Waals surface area (Å²) >= 11 is 9.54. The van der Waals surface area contributed by atoms with Crippen LogP contribution in [0.1, 0.15) is 25.7 Å². The third-order valence-electron chi connectivity index (χ3n) is 3.58. The van der Waals surface area contributed by atoms with Crippen molar-refractivity contribution in [2.75, 3.05) is 46.3 Å². The van der Waals surface area contributed by atoms with Crippen molar-refractivity contribution < 1.29 is 4.39 Å². The molecular formula is C12H24FN5S2. The van der Waals surface area contributed by atoms with Crippen LogP contribution in [0.5, 0.6) is 0 Å². The second kappa shape index (κ2) is 10.3. The minimum atomic E-state index is -0.750. The van der Waals surface area contributed by atoms with Crippen molar-refractivity contribution in [3.05, 3.63) is 0 Å². The van der Waals surface area contributed by atoms with Crippen LogP contribution in [0.3, 0.4) is 0 Å². The average Bonchev–Trinajstić information content (AvgIpc) is 2.45. The SMILES string of the molecule is CN1CCN(N=S)CCCC(F)CCCN(N=S)CC1. The van der Waals surface area contributed by atoms with E-state index in [9.17, 15) is 4.39 Å². The highest BCUT2D eigenvalue weighted by atomic mass is 32.1. The van der Waals surface area contributed by atoms with Crippen molar-refractivity contribution in [3.63, 3.8) is 0 Å². The van der Waals surface area contributed by atoms with Crippen LogP contribution in [0.4, 0.5) is 4.39 Å². The molecule has 1 aliphatic rings. The Morgan fingerprint density at radius 2 is 1.30 bits per heavy atom. The molecule has 1 saturated heterocycles. The number of rotatable bonds is 2. The summed E-state index contributed by atoms with van der Waals surface area (Å²) in [6, 6.07) is 0. The summed E-state index contributed by atoms with van der Waals surface area (Å²) in [6.07, 6.45) is 1.98. The molecule has 0 saturated carbocycles. The lowest BCUT2D eigenvalue weighted by Crippen LogP contribution is -2.36. The van der Waals surface area contributed by atoms with Gasteiger partial charge in [-0.3, -0.25) is 10.0 Å². The molecule has 0 spiro atoms. The molecule has 1 aliphatic heterocycles. The molecule has 20 heavy (non-hydrogen) atoms. The Morgan fingerprint density at radius 1 is 0.850 bits per heavy atom. The van der Waals surface area contributed by atoms with Crippen LogP contribution in [-0.2, 0) is 24.9 Å². The molecule has 0 aromatic carbocycles. The van der Waals surface area contributed by atoms with E-state index in [2.05, 4.69) is 20.9 Å². The number of alkyl halides is 1. The molecule has 0 unspecified atom stereocenters. The second-order valence-corrected chi connectivity index (χ2v) is 5.58. The first-order chi connectivity index (χ1) is 9.65. The lowest BCUT2D eigenvalue weighted by atomic mass is 10.1. The van der Waals surface area contributed by atoms with Gasteiger partial charge in [-0.2, -0.15) is 0 Å². The van der Waals surface area contributed by atoms with Crippen LogP contribution in [0.15, 0.2) is 8.94 Å². The van der Waals surface area contributed by atoms with Crippen LogP contribution in [-0.4, -0.2) is 67.4 Å². The Morgan fingerprint density at radius 3 is 1.70 bits per heavy atom. The van der Waals surface area contributed by atoms with Gasteiger partial charge in [0, 0.05) is 39.3 Å². The summed E-state index contributed by atoms with van der Waals surface area (Å²) < 4.78 is 21.4. The van der Waals surface area contributed by atoms with E-state index in [4.69, 9.17) is 24.9 Å². The van der Waals surface area contributed by atoms with Gasteiger partial charge in [-0.05, 0) is 32.7 Å². The molecule has 0 N–H and O–H groups in total. The smallest absolute Gasteiger partial charge is 0.100 e. The Kier molecular flexibility index (Phi) is 9.04. The zero-order valence-corrected chi connectivity index (χ0v) is 13.7. The van der Waals surface area contributed by atoms with E-state index in [-0.39, 0.29) is 0 Å². The summed E-state index contributed by atoms with van der Waals surface area (Å²) in [5.74, 6) is 0. The maximum atomic E-state index is 13.7. The molecule has 0 amide bonds. The van der Waals surface area contributed by atoms with Gasteiger partial charge in [-0.25, -0.2) is 4.39 Å². The molecule has 8 heteroatoms.